The van der Waals surface area contributed by atoms with Crippen LogP contribution in [0.5, 0.6) is 0 Å². The van der Waals surface area contributed by atoms with Crippen molar-refractivity contribution in [2.45, 2.75) is 33.2 Å². The topological polar surface area (TPSA) is 79.5 Å². The third-order valence-corrected chi connectivity index (χ3v) is 2.73. The lowest BCUT2D eigenvalue weighted by Gasteiger charge is -2.26. The first kappa shape index (κ1) is 14.4. The molecule has 3 N–H and O–H groups in total. The lowest BCUT2D eigenvalue weighted by Crippen LogP contribution is -2.39. The van der Waals surface area contributed by atoms with Crippen LogP contribution in [0.2, 0.25) is 0 Å². The summed E-state index contributed by atoms with van der Waals surface area (Å²) in [5.41, 5.74) is 7.02. The van der Waals surface area contributed by atoms with E-state index >= 15 is 0 Å². The van der Waals surface area contributed by atoms with Crippen LogP contribution in [0.15, 0.2) is 12.1 Å². The Bertz CT molecular complexity index is 419. The van der Waals surface area contributed by atoms with Gasteiger partial charge < -0.3 is 15.7 Å². The van der Waals surface area contributed by atoms with Crippen molar-refractivity contribution in [2.75, 3.05) is 18.9 Å². The van der Waals surface area contributed by atoms with Gasteiger partial charge in [0.1, 0.15) is 5.82 Å². The molecular formula is C13H21N3O2. The molecule has 1 heterocycles. The SMILES string of the molecule is CCc1cc(C(=O)N(CCO)C(C)C)cc(N)n1. The van der Waals surface area contributed by atoms with Crippen molar-refractivity contribution in [3.05, 3.63) is 23.4 Å². The van der Waals surface area contributed by atoms with Crippen LogP contribution in [-0.2, 0) is 6.42 Å². The Balaban J connectivity index is 3.04. The normalized spacial score (nSPS) is 10.7. The van der Waals surface area contributed by atoms with Crippen LogP contribution in [0.1, 0.15) is 36.8 Å². The Kier molecular flexibility index (Phi) is 5.09. The number of hydrogen-bond donors (Lipinski definition) is 2. The van der Waals surface area contributed by atoms with Crippen LogP contribution in [0, 0.1) is 0 Å². The third kappa shape index (κ3) is 3.43. The van der Waals surface area contributed by atoms with Crippen molar-refractivity contribution >= 4 is 11.7 Å². The highest BCUT2D eigenvalue weighted by Gasteiger charge is 2.19. The monoisotopic (exact) mass is 251 g/mol. The molecule has 0 bridgehead atoms. The van der Waals surface area contributed by atoms with E-state index in [9.17, 15) is 4.79 Å². The minimum absolute atomic E-state index is 0.0316. The van der Waals surface area contributed by atoms with Gasteiger partial charge in [-0.3, -0.25) is 4.79 Å². The fraction of sp³-hybridized carbons (Fsp3) is 0.538. The molecule has 0 atom stereocenters. The molecule has 18 heavy (non-hydrogen) atoms. The van der Waals surface area contributed by atoms with Gasteiger partial charge in [0.15, 0.2) is 0 Å². The average Bonchev–Trinajstić information content (AvgIpc) is 2.33. The van der Waals surface area contributed by atoms with Crippen molar-refractivity contribution in [1.82, 2.24) is 9.88 Å². The molecule has 0 saturated heterocycles. The van der Waals surface area contributed by atoms with E-state index < -0.39 is 0 Å². The standard InChI is InChI=1S/C13H21N3O2/c1-4-11-7-10(8-12(14)15-11)13(18)16(5-6-17)9(2)3/h7-9,17H,4-6H2,1-3H3,(H2,14,15). The van der Waals surface area contributed by atoms with Crippen LogP contribution < -0.4 is 5.73 Å². The Morgan fingerprint density at radius 3 is 2.67 bits per heavy atom. The largest absolute Gasteiger partial charge is 0.395 e. The van der Waals surface area contributed by atoms with Crippen LogP contribution in [0.4, 0.5) is 5.82 Å². The Hall–Kier alpha value is -1.62. The second-order valence-electron chi connectivity index (χ2n) is 4.44. The lowest BCUT2D eigenvalue weighted by molar-refractivity contribution is 0.0665. The molecule has 0 aliphatic heterocycles. The second kappa shape index (κ2) is 6.35. The Morgan fingerprint density at radius 2 is 2.17 bits per heavy atom. The van der Waals surface area contributed by atoms with Gasteiger partial charge in [0.25, 0.3) is 5.91 Å². The lowest BCUT2D eigenvalue weighted by atomic mass is 10.1. The molecule has 0 spiro atoms. The maximum absolute atomic E-state index is 12.3. The number of nitrogens with two attached hydrogens (primary N) is 1. The van der Waals surface area contributed by atoms with Crippen LogP contribution >= 0.6 is 0 Å². The van der Waals surface area contributed by atoms with E-state index in [0.717, 1.165) is 12.1 Å². The number of nitrogen functional groups attached to an aromatic ring is 1. The van der Waals surface area contributed by atoms with Gasteiger partial charge in [-0.15, -0.1) is 0 Å². The van der Waals surface area contributed by atoms with E-state index in [0.29, 0.717) is 17.9 Å². The fourth-order valence-corrected chi connectivity index (χ4v) is 1.78. The molecule has 5 nitrogen and oxygen atoms in total. The summed E-state index contributed by atoms with van der Waals surface area (Å²) in [7, 11) is 0. The molecule has 0 aliphatic carbocycles. The molecule has 0 radical (unpaired) electrons. The van der Waals surface area contributed by atoms with Gasteiger partial charge in [0.2, 0.25) is 0 Å². The number of carbonyl (C=O) groups excluding carboxylic acids is 1. The highest BCUT2D eigenvalue weighted by Crippen LogP contribution is 2.13. The number of hydrogen-bond acceptors (Lipinski definition) is 4. The summed E-state index contributed by atoms with van der Waals surface area (Å²) in [5.74, 6) is 0.230. The maximum Gasteiger partial charge on any atom is 0.254 e. The summed E-state index contributed by atoms with van der Waals surface area (Å²) >= 11 is 0. The zero-order valence-electron chi connectivity index (χ0n) is 11.2. The minimum atomic E-state index is -0.122. The molecule has 100 valence electrons. The first-order valence-electron chi connectivity index (χ1n) is 6.17. The number of amides is 1. The summed E-state index contributed by atoms with van der Waals surface area (Å²) in [5, 5.41) is 9.01. The van der Waals surface area contributed by atoms with E-state index in [1.807, 2.05) is 20.8 Å². The second-order valence-corrected chi connectivity index (χ2v) is 4.44. The zero-order chi connectivity index (χ0) is 13.7. The van der Waals surface area contributed by atoms with E-state index in [2.05, 4.69) is 4.98 Å². The highest BCUT2D eigenvalue weighted by molar-refractivity contribution is 5.95. The Morgan fingerprint density at radius 1 is 1.50 bits per heavy atom. The predicted molar refractivity (Wildman–Crippen MR) is 71.3 cm³/mol. The van der Waals surface area contributed by atoms with Crippen LogP contribution in [-0.4, -0.2) is 40.1 Å². The van der Waals surface area contributed by atoms with E-state index in [4.69, 9.17) is 10.8 Å². The maximum atomic E-state index is 12.3. The molecule has 5 heteroatoms. The van der Waals surface area contributed by atoms with Crippen molar-refractivity contribution in [2.24, 2.45) is 0 Å². The van der Waals surface area contributed by atoms with Crippen molar-refractivity contribution in [1.29, 1.82) is 0 Å². The van der Waals surface area contributed by atoms with E-state index in [1.165, 1.54) is 0 Å². The van der Waals surface area contributed by atoms with Crippen molar-refractivity contribution in [3.63, 3.8) is 0 Å². The number of nitrogens with zero attached hydrogens (tertiary/aromatic N) is 2. The number of rotatable bonds is 5. The van der Waals surface area contributed by atoms with E-state index in [-0.39, 0.29) is 18.6 Å². The molecule has 0 saturated carbocycles. The number of carbonyl (C=O) groups is 1. The van der Waals surface area contributed by atoms with E-state index in [1.54, 1.807) is 17.0 Å². The number of aryl methyl sites for hydroxylation is 1. The molecule has 1 aromatic rings. The number of pyridine rings is 1. The quantitative estimate of drug-likeness (QED) is 0.820. The predicted octanol–water partition coefficient (Wildman–Crippen LogP) is 1.07. The van der Waals surface area contributed by atoms with Gasteiger partial charge in [0, 0.05) is 23.8 Å². The molecule has 1 aromatic heterocycles. The van der Waals surface area contributed by atoms with Gasteiger partial charge in [-0.05, 0) is 32.4 Å². The van der Waals surface area contributed by atoms with Gasteiger partial charge in [-0.25, -0.2) is 4.98 Å². The molecule has 0 fully saturated rings. The number of aliphatic hydroxyl groups is 1. The molecule has 1 rings (SSSR count). The van der Waals surface area contributed by atoms with Crippen LogP contribution in [0.25, 0.3) is 0 Å². The summed E-state index contributed by atoms with van der Waals surface area (Å²) in [6.07, 6.45) is 0.729. The number of aromatic nitrogens is 1. The first-order chi connectivity index (χ1) is 8.49. The number of aliphatic hydroxyl groups excluding tert-OH is 1. The first-order valence-corrected chi connectivity index (χ1v) is 6.17. The number of anilines is 1. The summed E-state index contributed by atoms with van der Waals surface area (Å²) in [4.78, 5) is 18.1. The zero-order valence-corrected chi connectivity index (χ0v) is 11.2. The summed E-state index contributed by atoms with van der Waals surface area (Å²) in [6.45, 7) is 6.06. The average molecular weight is 251 g/mol. The van der Waals surface area contributed by atoms with Crippen molar-refractivity contribution < 1.29 is 9.90 Å². The molecule has 0 aromatic carbocycles. The van der Waals surface area contributed by atoms with Gasteiger partial charge in [-0.1, -0.05) is 6.92 Å². The minimum Gasteiger partial charge on any atom is -0.395 e. The van der Waals surface area contributed by atoms with Crippen molar-refractivity contribution in [3.8, 4) is 0 Å². The van der Waals surface area contributed by atoms with Crippen LogP contribution in [0.3, 0.4) is 0 Å². The Labute approximate surface area is 108 Å². The van der Waals surface area contributed by atoms with Gasteiger partial charge in [-0.2, -0.15) is 0 Å². The van der Waals surface area contributed by atoms with Gasteiger partial charge >= 0.3 is 0 Å². The molecular weight excluding hydrogens is 230 g/mol. The third-order valence-electron chi connectivity index (χ3n) is 2.73. The summed E-state index contributed by atoms with van der Waals surface area (Å²) < 4.78 is 0. The van der Waals surface area contributed by atoms with Gasteiger partial charge in [0.05, 0.1) is 6.61 Å². The molecule has 0 aliphatic rings. The molecule has 0 unspecified atom stereocenters. The fourth-order valence-electron chi connectivity index (χ4n) is 1.78. The summed E-state index contributed by atoms with van der Waals surface area (Å²) in [6, 6.07) is 3.36. The molecule has 1 amide bonds. The highest BCUT2D eigenvalue weighted by atomic mass is 16.3. The smallest absolute Gasteiger partial charge is 0.254 e.